The van der Waals surface area contributed by atoms with E-state index < -0.39 is 0 Å². The molecule has 0 radical (unpaired) electrons. The van der Waals surface area contributed by atoms with Crippen molar-refractivity contribution < 1.29 is 4.79 Å². The molecule has 0 unspecified atom stereocenters. The summed E-state index contributed by atoms with van der Waals surface area (Å²) in [5, 5.41) is 3.12. The lowest BCUT2D eigenvalue weighted by Crippen LogP contribution is -2.50. The van der Waals surface area contributed by atoms with Crippen molar-refractivity contribution in [1.82, 2.24) is 10.2 Å². The molecule has 1 aliphatic heterocycles. The molecule has 1 aliphatic rings. The number of likely N-dealkylation sites (tertiary alicyclic amines) is 1. The van der Waals surface area contributed by atoms with Crippen LogP contribution in [-0.2, 0) is 4.79 Å². The van der Waals surface area contributed by atoms with Crippen LogP contribution in [0.25, 0.3) is 0 Å². The molecule has 2 atom stereocenters. The third kappa shape index (κ3) is 3.20. The van der Waals surface area contributed by atoms with Gasteiger partial charge in [0.2, 0.25) is 5.91 Å². The normalized spacial score (nSPS) is 28.1. The van der Waals surface area contributed by atoms with Gasteiger partial charge in [-0.05, 0) is 39.7 Å². The zero-order chi connectivity index (χ0) is 11.6. The third-order valence-corrected chi connectivity index (χ3v) is 3.41. The lowest BCUT2D eigenvalue weighted by atomic mass is 10.0. The number of hydrogen-bond donors (Lipinski definition) is 1. The van der Waals surface area contributed by atoms with E-state index in [0.717, 1.165) is 19.4 Å². The monoisotopic (exact) mass is 212 g/mol. The molecule has 1 N–H and O–H groups in total. The molecule has 0 saturated carbocycles. The van der Waals surface area contributed by atoms with Gasteiger partial charge in [-0.1, -0.05) is 13.8 Å². The van der Waals surface area contributed by atoms with E-state index in [9.17, 15) is 4.79 Å². The smallest absolute Gasteiger partial charge is 0.237 e. The Hall–Kier alpha value is -0.570. The first kappa shape index (κ1) is 12.5. The van der Waals surface area contributed by atoms with Crippen LogP contribution in [0.15, 0.2) is 0 Å². The van der Waals surface area contributed by atoms with Crippen LogP contribution in [0.4, 0.5) is 0 Å². The topological polar surface area (TPSA) is 32.3 Å². The SMILES string of the molecule is CCC(C)(C)NC(=O)[C@@H]1C[C@H](C)CN1C. The quantitative estimate of drug-likeness (QED) is 0.771. The van der Waals surface area contributed by atoms with Crippen LogP contribution >= 0.6 is 0 Å². The number of nitrogens with zero attached hydrogens (tertiary/aromatic N) is 1. The fourth-order valence-corrected chi connectivity index (χ4v) is 2.07. The van der Waals surface area contributed by atoms with Gasteiger partial charge in [0.15, 0.2) is 0 Å². The van der Waals surface area contributed by atoms with E-state index in [1.807, 2.05) is 7.05 Å². The molecule has 1 heterocycles. The number of likely N-dealkylation sites (N-methyl/N-ethyl adjacent to an activating group) is 1. The van der Waals surface area contributed by atoms with Gasteiger partial charge in [0.25, 0.3) is 0 Å². The first-order valence-electron chi connectivity index (χ1n) is 5.88. The number of rotatable bonds is 3. The Kier molecular flexibility index (Phi) is 3.77. The van der Waals surface area contributed by atoms with Gasteiger partial charge in [0.1, 0.15) is 0 Å². The molecule has 88 valence electrons. The number of hydrogen-bond acceptors (Lipinski definition) is 2. The Balaban J connectivity index is 2.54. The van der Waals surface area contributed by atoms with Crippen molar-refractivity contribution in [2.24, 2.45) is 5.92 Å². The Morgan fingerprint density at radius 1 is 1.53 bits per heavy atom. The highest BCUT2D eigenvalue weighted by molar-refractivity contribution is 5.82. The molecule has 3 nitrogen and oxygen atoms in total. The maximum Gasteiger partial charge on any atom is 0.237 e. The highest BCUT2D eigenvalue weighted by atomic mass is 16.2. The molecule has 0 aliphatic carbocycles. The molecule has 0 aromatic heterocycles. The van der Waals surface area contributed by atoms with Crippen molar-refractivity contribution in [2.45, 2.75) is 52.1 Å². The second-order valence-corrected chi connectivity index (χ2v) is 5.52. The molecule has 1 fully saturated rings. The summed E-state index contributed by atoms with van der Waals surface area (Å²) >= 11 is 0. The Labute approximate surface area is 93.2 Å². The van der Waals surface area contributed by atoms with Crippen LogP contribution in [0.5, 0.6) is 0 Å². The fourth-order valence-electron chi connectivity index (χ4n) is 2.07. The number of carbonyl (C=O) groups excluding carboxylic acids is 1. The number of carbonyl (C=O) groups is 1. The van der Waals surface area contributed by atoms with E-state index in [0.29, 0.717) is 5.92 Å². The largest absolute Gasteiger partial charge is 0.350 e. The highest BCUT2D eigenvalue weighted by Gasteiger charge is 2.33. The minimum Gasteiger partial charge on any atom is -0.350 e. The number of nitrogens with one attached hydrogen (secondary N) is 1. The van der Waals surface area contributed by atoms with Crippen LogP contribution in [0, 0.1) is 5.92 Å². The summed E-state index contributed by atoms with van der Waals surface area (Å²) in [6.07, 6.45) is 1.95. The van der Waals surface area contributed by atoms with Gasteiger partial charge >= 0.3 is 0 Å². The van der Waals surface area contributed by atoms with Crippen LogP contribution in [0.3, 0.4) is 0 Å². The van der Waals surface area contributed by atoms with E-state index in [1.165, 1.54) is 0 Å². The maximum atomic E-state index is 12.0. The molecule has 1 amide bonds. The van der Waals surface area contributed by atoms with Gasteiger partial charge in [0.05, 0.1) is 6.04 Å². The minimum absolute atomic E-state index is 0.0748. The summed E-state index contributed by atoms with van der Waals surface area (Å²) in [4.78, 5) is 14.2. The van der Waals surface area contributed by atoms with Crippen molar-refractivity contribution in [3.8, 4) is 0 Å². The molecular weight excluding hydrogens is 188 g/mol. The summed E-state index contributed by atoms with van der Waals surface area (Å²) in [7, 11) is 2.03. The second kappa shape index (κ2) is 4.52. The molecule has 1 rings (SSSR count). The molecule has 1 saturated heterocycles. The van der Waals surface area contributed by atoms with Gasteiger partial charge in [-0.3, -0.25) is 9.69 Å². The summed E-state index contributed by atoms with van der Waals surface area (Å²) in [5.74, 6) is 0.823. The fraction of sp³-hybridized carbons (Fsp3) is 0.917. The summed E-state index contributed by atoms with van der Waals surface area (Å²) in [6.45, 7) is 9.48. The van der Waals surface area contributed by atoms with Crippen molar-refractivity contribution >= 4 is 5.91 Å². The average Bonchev–Trinajstić information content (AvgIpc) is 2.45. The van der Waals surface area contributed by atoms with Crippen molar-refractivity contribution in [1.29, 1.82) is 0 Å². The van der Waals surface area contributed by atoms with Crippen molar-refractivity contribution in [2.75, 3.05) is 13.6 Å². The number of amides is 1. The van der Waals surface area contributed by atoms with Crippen LogP contribution in [0.2, 0.25) is 0 Å². The molecule has 15 heavy (non-hydrogen) atoms. The summed E-state index contributed by atoms with van der Waals surface area (Å²) < 4.78 is 0. The first-order chi connectivity index (χ1) is 6.85. The van der Waals surface area contributed by atoms with Crippen LogP contribution in [0.1, 0.15) is 40.5 Å². The Morgan fingerprint density at radius 2 is 2.13 bits per heavy atom. The molecule has 0 aromatic carbocycles. The van der Waals surface area contributed by atoms with Gasteiger partial charge < -0.3 is 5.32 Å². The molecule has 0 spiro atoms. The zero-order valence-corrected chi connectivity index (χ0v) is 10.6. The molecule has 0 bridgehead atoms. The molecule has 0 aromatic rings. The van der Waals surface area contributed by atoms with E-state index in [4.69, 9.17) is 0 Å². The van der Waals surface area contributed by atoms with E-state index >= 15 is 0 Å². The second-order valence-electron chi connectivity index (χ2n) is 5.52. The van der Waals surface area contributed by atoms with Gasteiger partial charge in [-0.2, -0.15) is 0 Å². The highest BCUT2D eigenvalue weighted by Crippen LogP contribution is 2.21. The Bertz CT molecular complexity index is 238. The van der Waals surface area contributed by atoms with Crippen LogP contribution < -0.4 is 5.32 Å². The van der Waals surface area contributed by atoms with E-state index in [1.54, 1.807) is 0 Å². The molecule has 3 heteroatoms. The summed E-state index contributed by atoms with van der Waals surface area (Å²) in [5.41, 5.74) is -0.0796. The average molecular weight is 212 g/mol. The lowest BCUT2D eigenvalue weighted by Gasteiger charge is -2.28. The van der Waals surface area contributed by atoms with Gasteiger partial charge in [-0.15, -0.1) is 0 Å². The van der Waals surface area contributed by atoms with Gasteiger partial charge in [-0.25, -0.2) is 0 Å². The van der Waals surface area contributed by atoms with E-state index in [2.05, 4.69) is 37.9 Å². The molecular formula is C12H24N2O. The van der Waals surface area contributed by atoms with Crippen molar-refractivity contribution in [3.05, 3.63) is 0 Å². The maximum absolute atomic E-state index is 12.0. The van der Waals surface area contributed by atoms with Crippen molar-refractivity contribution in [3.63, 3.8) is 0 Å². The van der Waals surface area contributed by atoms with Crippen LogP contribution in [-0.4, -0.2) is 36.0 Å². The Morgan fingerprint density at radius 3 is 2.53 bits per heavy atom. The predicted octanol–water partition coefficient (Wildman–Crippen LogP) is 1.63. The summed E-state index contributed by atoms with van der Waals surface area (Å²) in [6, 6.07) is 0.0748. The predicted molar refractivity (Wildman–Crippen MR) is 62.7 cm³/mol. The third-order valence-electron chi connectivity index (χ3n) is 3.41. The first-order valence-corrected chi connectivity index (χ1v) is 5.88. The van der Waals surface area contributed by atoms with Gasteiger partial charge in [0, 0.05) is 12.1 Å². The standard InChI is InChI=1S/C12H24N2O/c1-6-12(3,4)13-11(15)10-7-9(2)8-14(10)5/h9-10H,6-8H2,1-5H3,(H,13,15)/t9-,10-/m0/s1. The lowest BCUT2D eigenvalue weighted by molar-refractivity contribution is -0.126. The van der Waals surface area contributed by atoms with E-state index in [-0.39, 0.29) is 17.5 Å². The minimum atomic E-state index is -0.0796. The zero-order valence-electron chi connectivity index (χ0n) is 10.6.